The van der Waals surface area contributed by atoms with Crippen LogP contribution in [0.15, 0.2) is 46.9 Å². The Kier molecular flexibility index (Phi) is 3.55. The Morgan fingerprint density at radius 2 is 2.05 bits per heavy atom. The van der Waals surface area contributed by atoms with Gasteiger partial charge in [-0.2, -0.15) is 5.26 Å². The number of aryl methyl sites for hydroxylation is 1. The first-order valence-corrected chi connectivity index (χ1v) is 6.97. The van der Waals surface area contributed by atoms with Crippen LogP contribution < -0.4 is 5.32 Å². The molecule has 1 heterocycles. The number of fused-ring (bicyclic) bond motifs is 1. The maximum absolute atomic E-state index is 9.14. The Labute approximate surface area is 127 Å². The van der Waals surface area contributed by atoms with Crippen LogP contribution in [0.1, 0.15) is 16.9 Å². The molecule has 3 rings (SSSR count). The van der Waals surface area contributed by atoms with Gasteiger partial charge in [0.25, 0.3) is 0 Å². The van der Waals surface area contributed by atoms with E-state index in [4.69, 9.17) is 21.3 Å². The number of halogens is 1. The second kappa shape index (κ2) is 5.51. The van der Waals surface area contributed by atoms with Crippen molar-refractivity contribution in [3.05, 3.63) is 64.4 Å². The lowest BCUT2D eigenvalue weighted by molar-refractivity contribution is 0.573. The van der Waals surface area contributed by atoms with Crippen LogP contribution in [-0.4, -0.2) is 0 Å². The molecular weight excluding hydrogens is 284 g/mol. The topological polar surface area (TPSA) is 49.0 Å². The fraction of sp³-hybridized carbons (Fsp3) is 0.118. The molecule has 4 heteroatoms. The maximum atomic E-state index is 9.14. The van der Waals surface area contributed by atoms with Crippen LogP contribution in [0.2, 0.25) is 5.02 Å². The minimum Gasteiger partial charge on any atom is -0.461 e. The van der Waals surface area contributed by atoms with E-state index in [-0.39, 0.29) is 0 Å². The highest BCUT2D eigenvalue weighted by molar-refractivity contribution is 6.30. The van der Waals surface area contributed by atoms with Crippen LogP contribution in [0.5, 0.6) is 0 Å². The van der Waals surface area contributed by atoms with E-state index in [0.29, 0.717) is 17.1 Å². The van der Waals surface area contributed by atoms with E-state index in [1.807, 2.05) is 31.2 Å². The molecule has 2 aromatic carbocycles. The first-order chi connectivity index (χ1) is 10.2. The number of benzene rings is 2. The lowest BCUT2D eigenvalue weighted by atomic mass is 10.1. The molecule has 0 atom stereocenters. The Morgan fingerprint density at radius 1 is 1.24 bits per heavy atom. The highest BCUT2D eigenvalue weighted by Crippen LogP contribution is 2.27. The van der Waals surface area contributed by atoms with E-state index in [9.17, 15) is 0 Å². The first kappa shape index (κ1) is 13.5. The van der Waals surface area contributed by atoms with E-state index < -0.39 is 0 Å². The second-order valence-corrected chi connectivity index (χ2v) is 5.22. The standard InChI is InChI=1S/C17H13ClN2O/c1-11-15(14-4-2-3-5-17(14)21-11)10-20-16-8-13(18)7-6-12(16)9-19/h2-8,20H,10H2,1H3. The molecule has 0 saturated heterocycles. The highest BCUT2D eigenvalue weighted by Gasteiger charge is 2.11. The average molecular weight is 297 g/mol. The number of nitrogens with one attached hydrogen (secondary N) is 1. The summed E-state index contributed by atoms with van der Waals surface area (Å²) < 4.78 is 5.74. The molecule has 1 aromatic heterocycles. The molecule has 104 valence electrons. The van der Waals surface area contributed by atoms with Gasteiger partial charge in [0.2, 0.25) is 0 Å². The molecule has 0 radical (unpaired) electrons. The molecule has 0 amide bonds. The molecule has 0 spiro atoms. The third-order valence-corrected chi connectivity index (χ3v) is 3.69. The third kappa shape index (κ3) is 2.58. The van der Waals surface area contributed by atoms with E-state index in [0.717, 1.165) is 28.0 Å². The lowest BCUT2D eigenvalue weighted by Gasteiger charge is -2.08. The van der Waals surface area contributed by atoms with Crippen LogP contribution in [0, 0.1) is 18.3 Å². The third-order valence-electron chi connectivity index (χ3n) is 3.46. The van der Waals surface area contributed by atoms with E-state index in [2.05, 4.69) is 11.4 Å². The largest absolute Gasteiger partial charge is 0.461 e. The minimum atomic E-state index is 0.574. The number of anilines is 1. The van der Waals surface area contributed by atoms with Crippen molar-refractivity contribution in [2.75, 3.05) is 5.32 Å². The number of rotatable bonds is 3. The maximum Gasteiger partial charge on any atom is 0.134 e. The Balaban J connectivity index is 1.92. The molecular formula is C17H13ClN2O. The number of nitriles is 1. The Morgan fingerprint density at radius 3 is 2.86 bits per heavy atom. The lowest BCUT2D eigenvalue weighted by Crippen LogP contribution is -2.02. The molecule has 0 aliphatic carbocycles. The van der Waals surface area contributed by atoms with Gasteiger partial charge < -0.3 is 9.73 Å². The normalized spacial score (nSPS) is 10.5. The molecule has 0 bridgehead atoms. The van der Waals surface area contributed by atoms with Gasteiger partial charge in [-0.25, -0.2) is 0 Å². The minimum absolute atomic E-state index is 0.574. The van der Waals surface area contributed by atoms with Crippen molar-refractivity contribution in [3.63, 3.8) is 0 Å². The van der Waals surface area contributed by atoms with Crippen molar-refractivity contribution >= 4 is 28.3 Å². The SMILES string of the molecule is Cc1oc2ccccc2c1CNc1cc(Cl)ccc1C#N. The molecule has 0 saturated carbocycles. The van der Waals surface area contributed by atoms with Gasteiger partial charge in [-0.15, -0.1) is 0 Å². The van der Waals surface area contributed by atoms with E-state index in [1.165, 1.54) is 0 Å². The highest BCUT2D eigenvalue weighted by atomic mass is 35.5. The zero-order valence-corrected chi connectivity index (χ0v) is 12.2. The summed E-state index contributed by atoms with van der Waals surface area (Å²) in [5.74, 6) is 0.879. The van der Waals surface area contributed by atoms with Crippen molar-refractivity contribution in [1.82, 2.24) is 0 Å². The van der Waals surface area contributed by atoms with Gasteiger partial charge in [0.1, 0.15) is 17.4 Å². The fourth-order valence-electron chi connectivity index (χ4n) is 2.38. The monoisotopic (exact) mass is 296 g/mol. The smallest absolute Gasteiger partial charge is 0.134 e. The summed E-state index contributed by atoms with van der Waals surface area (Å²) in [7, 11) is 0. The summed E-state index contributed by atoms with van der Waals surface area (Å²) in [6, 6.07) is 15.3. The van der Waals surface area contributed by atoms with Crippen LogP contribution in [0.4, 0.5) is 5.69 Å². The fourth-order valence-corrected chi connectivity index (χ4v) is 2.56. The molecule has 21 heavy (non-hydrogen) atoms. The van der Waals surface area contributed by atoms with Crippen molar-refractivity contribution in [2.24, 2.45) is 0 Å². The molecule has 1 N–H and O–H groups in total. The van der Waals surface area contributed by atoms with Gasteiger partial charge in [0, 0.05) is 22.5 Å². The Bertz CT molecular complexity index is 846. The quantitative estimate of drug-likeness (QED) is 0.749. The summed E-state index contributed by atoms with van der Waals surface area (Å²) in [4.78, 5) is 0. The predicted molar refractivity (Wildman–Crippen MR) is 84.4 cm³/mol. The zero-order chi connectivity index (χ0) is 14.8. The van der Waals surface area contributed by atoms with Gasteiger partial charge in [0.05, 0.1) is 11.3 Å². The van der Waals surface area contributed by atoms with Crippen LogP contribution in [0.3, 0.4) is 0 Å². The molecule has 0 aliphatic rings. The molecule has 0 aliphatic heterocycles. The van der Waals surface area contributed by atoms with Crippen LogP contribution >= 0.6 is 11.6 Å². The first-order valence-electron chi connectivity index (χ1n) is 6.59. The number of nitrogens with zero attached hydrogens (tertiary/aromatic N) is 1. The van der Waals surface area contributed by atoms with Gasteiger partial charge in [0.15, 0.2) is 0 Å². The molecule has 3 aromatic rings. The average Bonchev–Trinajstić information content (AvgIpc) is 2.81. The van der Waals surface area contributed by atoms with Crippen molar-refractivity contribution < 1.29 is 4.42 Å². The number of furan rings is 1. The molecule has 0 unspecified atom stereocenters. The predicted octanol–water partition coefficient (Wildman–Crippen LogP) is 4.88. The number of hydrogen-bond acceptors (Lipinski definition) is 3. The summed E-state index contributed by atoms with van der Waals surface area (Å²) >= 11 is 5.99. The van der Waals surface area contributed by atoms with Gasteiger partial charge in [-0.05, 0) is 31.2 Å². The van der Waals surface area contributed by atoms with E-state index >= 15 is 0 Å². The summed E-state index contributed by atoms with van der Waals surface area (Å²) in [5.41, 5.74) is 3.27. The van der Waals surface area contributed by atoms with Crippen LogP contribution in [0.25, 0.3) is 11.0 Å². The zero-order valence-electron chi connectivity index (χ0n) is 11.5. The Hall–Kier alpha value is -2.44. The van der Waals surface area contributed by atoms with Crippen molar-refractivity contribution in [3.8, 4) is 6.07 Å². The van der Waals surface area contributed by atoms with E-state index in [1.54, 1.807) is 18.2 Å². The van der Waals surface area contributed by atoms with Crippen LogP contribution in [-0.2, 0) is 6.54 Å². The second-order valence-electron chi connectivity index (χ2n) is 4.79. The van der Waals surface area contributed by atoms with Gasteiger partial charge >= 0.3 is 0 Å². The molecule has 0 fully saturated rings. The molecule has 3 nitrogen and oxygen atoms in total. The van der Waals surface area contributed by atoms with Crippen molar-refractivity contribution in [1.29, 1.82) is 5.26 Å². The van der Waals surface area contributed by atoms with Crippen molar-refractivity contribution in [2.45, 2.75) is 13.5 Å². The number of para-hydroxylation sites is 1. The van der Waals surface area contributed by atoms with Gasteiger partial charge in [-0.3, -0.25) is 0 Å². The summed E-state index contributed by atoms with van der Waals surface area (Å²) in [6.07, 6.45) is 0. The van der Waals surface area contributed by atoms with Gasteiger partial charge in [-0.1, -0.05) is 29.8 Å². The number of hydrogen-bond donors (Lipinski definition) is 1. The summed E-state index contributed by atoms with van der Waals surface area (Å²) in [6.45, 7) is 2.53. The summed E-state index contributed by atoms with van der Waals surface area (Å²) in [5, 5.41) is 14.1.